The second-order valence-corrected chi connectivity index (χ2v) is 6.55. The van der Waals surface area contributed by atoms with Gasteiger partial charge in [-0.2, -0.15) is 0 Å². The fourth-order valence-electron chi connectivity index (χ4n) is 2.97. The van der Waals surface area contributed by atoms with Crippen molar-refractivity contribution >= 4 is 11.3 Å². The number of rotatable bonds is 5. The summed E-state index contributed by atoms with van der Waals surface area (Å²) in [4.78, 5) is 6.32. The summed E-state index contributed by atoms with van der Waals surface area (Å²) in [6.45, 7) is 3.41. The van der Waals surface area contributed by atoms with Crippen molar-refractivity contribution in [2.45, 2.75) is 38.2 Å². The van der Waals surface area contributed by atoms with Gasteiger partial charge in [0.1, 0.15) is 11.1 Å². The number of benzene rings is 1. The molecule has 2 N–H and O–H groups in total. The smallest absolute Gasteiger partial charge is 0.134 e. The first kappa shape index (κ1) is 14.7. The van der Waals surface area contributed by atoms with Crippen LogP contribution in [0.4, 0.5) is 0 Å². The summed E-state index contributed by atoms with van der Waals surface area (Å²) in [5.41, 5.74) is 8.31. The average Bonchev–Trinajstić information content (AvgIpc) is 2.97. The lowest BCUT2D eigenvalue weighted by molar-refractivity contribution is 0.0910. The number of fused-ring (bicyclic) bond motifs is 1. The van der Waals surface area contributed by atoms with Crippen molar-refractivity contribution < 1.29 is 4.74 Å². The Bertz CT molecular complexity index is 582. The van der Waals surface area contributed by atoms with E-state index in [4.69, 9.17) is 15.5 Å². The second kappa shape index (κ2) is 6.69. The Morgan fingerprint density at radius 3 is 2.90 bits per heavy atom. The monoisotopic (exact) mass is 302 g/mol. The van der Waals surface area contributed by atoms with E-state index in [1.807, 2.05) is 13.0 Å². The Morgan fingerprint density at radius 1 is 1.38 bits per heavy atom. The van der Waals surface area contributed by atoms with E-state index < -0.39 is 0 Å². The summed E-state index contributed by atoms with van der Waals surface area (Å²) in [6.07, 6.45) is 3.47. The highest BCUT2D eigenvalue weighted by molar-refractivity contribution is 7.11. The molecule has 2 unspecified atom stereocenters. The van der Waals surface area contributed by atoms with Crippen LogP contribution in [0.15, 0.2) is 30.3 Å². The lowest BCUT2D eigenvalue weighted by Gasteiger charge is -2.18. The summed E-state index contributed by atoms with van der Waals surface area (Å²) in [6, 6.07) is 10.4. The molecule has 1 aliphatic carbocycles. The fourth-order valence-corrected chi connectivity index (χ4v) is 4.24. The van der Waals surface area contributed by atoms with Crippen molar-refractivity contribution in [3.63, 3.8) is 0 Å². The average molecular weight is 302 g/mol. The summed E-state index contributed by atoms with van der Waals surface area (Å²) in [5.74, 6) is 0.428. The number of hydrogen-bond donors (Lipinski definition) is 1. The van der Waals surface area contributed by atoms with Gasteiger partial charge in [-0.05, 0) is 31.7 Å². The predicted octanol–water partition coefficient (Wildman–Crippen LogP) is 3.65. The van der Waals surface area contributed by atoms with Gasteiger partial charge in [0.05, 0.1) is 5.69 Å². The normalized spacial score (nSPS) is 19.2. The number of ether oxygens (including phenoxy) is 1. The molecule has 0 bridgehead atoms. The standard InChI is InChI=1S/C17H22N2OS/c1-2-20-16(12-7-4-3-5-8-12)17-19-15-13(11-18)9-6-10-14(15)21-17/h3-5,7-8,13,16H,2,6,9-11,18H2,1H3. The molecule has 0 saturated heterocycles. The fraction of sp³-hybridized carbons (Fsp3) is 0.471. The SMILES string of the molecule is CCOC(c1ccccc1)c1nc2c(s1)CCCC2CN. The molecule has 0 spiro atoms. The highest BCUT2D eigenvalue weighted by Gasteiger charge is 2.27. The summed E-state index contributed by atoms with van der Waals surface area (Å²) in [7, 11) is 0. The molecule has 112 valence electrons. The topological polar surface area (TPSA) is 48.1 Å². The van der Waals surface area contributed by atoms with Gasteiger partial charge in [0.15, 0.2) is 0 Å². The minimum atomic E-state index is -0.0507. The van der Waals surface area contributed by atoms with Gasteiger partial charge in [0.25, 0.3) is 0 Å². The van der Waals surface area contributed by atoms with Crippen molar-refractivity contribution in [2.24, 2.45) is 5.73 Å². The maximum Gasteiger partial charge on any atom is 0.134 e. The van der Waals surface area contributed by atoms with Gasteiger partial charge >= 0.3 is 0 Å². The van der Waals surface area contributed by atoms with Gasteiger partial charge in [-0.3, -0.25) is 0 Å². The van der Waals surface area contributed by atoms with Crippen LogP contribution in [-0.2, 0) is 11.2 Å². The van der Waals surface area contributed by atoms with E-state index in [0.717, 1.165) is 17.8 Å². The van der Waals surface area contributed by atoms with Crippen LogP contribution in [-0.4, -0.2) is 18.1 Å². The first-order valence-electron chi connectivity index (χ1n) is 7.69. The lowest BCUT2D eigenvalue weighted by atomic mass is 9.91. The summed E-state index contributed by atoms with van der Waals surface area (Å²) in [5, 5.41) is 1.08. The molecule has 1 aliphatic rings. The molecule has 3 rings (SSSR count). The Labute approximate surface area is 130 Å². The molecule has 1 aromatic heterocycles. The Hall–Kier alpha value is -1.23. The molecule has 2 aromatic rings. The Morgan fingerprint density at radius 2 is 2.19 bits per heavy atom. The quantitative estimate of drug-likeness (QED) is 0.917. The lowest BCUT2D eigenvalue weighted by Crippen LogP contribution is -2.17. The third kappa shape index (κ3) is 3.03. The minimum absolute atomic E-state index is 0.0507. The van der Waals surface area contributed by atoms with Crippen LogP contribution in [0, 0.1) is 0 Å². The molecular formula is C17H22N2OS. The van der Waals surface area contributed by atoms with Crippen molar-refractivity contribution in [2.75, 3.05) is 13.2 Å². The van der Waals surface area contributed by atoms with Gasteiger partial charge < -0.3 is 10.5 Å². The van der Waals surface area contributed by atoms with Crippen molar-refractivity contribution in [1.29, 1.82) is 0 Å². The van der Waals surface area contributed by atoms with E-state index in [1.165, 1.54) is 22.6 Å². The first-order valence-corrected chi connectivity index (χ1v) is 8.51. The number of nitrogens with two attached hydrogens (primary N) is 1. The number of hydrogen-bond acceptors (Lipinski definition) is 4. The van der Waals surface area contributed by atoms with E-state index >= 15 is 0 Å². The van der Waals surface area contributed by atoms with Gasteiger partial charge in [-0.1, -0.05) is 30.3 Å². The van der Waals surface area contributed by atoms with E-state index in [2.05, 4.69) is 24.3 Å². The van der Waals surface area contributed by atoms with Crippen molar-refractivity contribution in [1.82, 2.24) is 4.98 Å². The number of aryl methyl sites for hydroxylation is 1. The van der Waals surface area contributed by atoms with Crippen molar-refractivity contribution in [3.8, 4) is 0 Å². The number of aromatic nitrogens is 1. The molecule has 0 saturated carbocycles. The molecule has 1 aromatic carbocycles. The zero-order chi connectivity index (χ0) is 14.7. The Kier molecular flexibility index (Phi) is 4.68. The molecule has 2 atom stereocenters. The zero-order valence-corrected chi connectivity index (χ0v) is 13.2. The molecule has 0 radical (unpaired) electrons. The van der Waals surface area contributed by atoms with Crippen LogP contribution in [0.3, 0.4) is 0 Å². The summed E-state index contributed by atoms with van der Waals surface area (Å²) >= 11 is 1.81. The van der Waals surface area contributed by atoms with E-state index in [0.29, 0.717) is 19.1 Å². The first-order chi connectivity index (χ1) is 10.3. The summed E-state index contributed by atoms with van der Waals surface area (Å²) < 4.78 is 5.98. The largest absolute Gasteiger partial charge is 0.367 e. The third-order valence-electron chi connectivity index (χ3n) is 4.03. The molecule has 3 nitrogen and oxygen atoms in total. The van der Waals surface area contributed by atoms with Crippen LogP contribution < -0.4 is 5.73 Å². The van der Waals surface area contributed by atoms with Gasteiger partial charge in [-0.15, -0.1) is 11.3 Å². The molecule has 0 aliphatic heterocycles. The molecule has 0 amide bonds. The molecule has 0 fully saturated rings. The zero-order valence-electron chi connectivity index (χ0n) is 12.4. The van der Waals surface area contributed by atoms with Crippen molar-refractivity contribution in [3.05, 3.63) is 51.5 Å². The minimum Gasteiger partial charge on any atom is -0.367 e. The second-order valence-electron chi connectivity index (χ2n) is 5.43. The van der Waals surface area contributed by atoms with E-state index in [9.17, 15) is 0 Å². The molecule has 4 heteroatoms. The van der Waals surface area contributed by atoms with Crippen LogP contribution in [0.5, 0.6) is 0 Å². The highest BCUT2D eigenvalue weighted by Crippen LogP contribution is 2.38. The van der Waals surface area contributed by atoms with Crippen LogP contribution in [0.1, 0.15) is 52.9 Å². The van der Waals surface area contributed by atoms with Crippen LogP contribution in [0.25, 0.3) is 0 Å². The molecule has 21 heavy (non-hydrogen) atoms. The van der Waals surface area contributed by atoms with Crippen LogP contribution >= 0.6 is 11.3 Å². The molecular weight excluding hydrogens is 280 g/mol. The predicted molar refractivity (Wildman–Crippen MR) is 86.8 cm³/mol. The van der Waals surface area contributed by atoms with Gasteiger partial charge in [0.2, 0.25) is 0 Å². The third-order valence-corrected chi connectivity index (χ3v) is 5.21. The maximum atomic E-state index is 5.98. The van der Waals surface area contributed by atoms with E-state index in [-0.39, 0.29) is 6.10 Å². The Balaban J connectivity index is 1.95. The van der Waals surface area contributed by atoms with E-state index in [1.54, 1.807) is 11.3 Å². The molecule has 1 heterocycles. The number of thiazole rings is 1. The van der Waals surface area contributed by atoms with Gasteiger partial charge in [-0.25, -0.2) is 4.98 Å². The maximum absolute atomic E-state index is 5.98. The van der Waals surface area contributed by atoms with Crippen LogP contribution in [0.2, 0.25) is 0 Å². The highest BCUT2D eigenvalue weighted by atomic mass is 32.1. The van der Waals surface area contributed by atoms with Gasteiger partial charge in [0, 0.05) is 23.9 Å². The number of nitrogens with zero attached hydrogens (tertiary/aromatic N) is 1.